The number of nitrogens with one attached hydrogen (secondary N) is 1. The van der Waals surface area contributed by atoms with Gasteiger partial charge in [-0.25, -0.2) is 10.2 Å². The van der Waals surface area contributed by atoms with Crippen molar-refractivity contribution in [2.45, 2.75) is 6.92 Å². The second-order valence-corrected chi connectivity index (χ2v) is 7.31. The van der Waals surface area contributed by atoms with Crippen LogP contribution < -0.4 is 14.9 Å². The van der Waals surface area contributed by atoms with Crippen LogP contribution in [0.1, 0.15) is 31.8 Å². The molecular weight excluding hydrogens is 439 g/mol. The Labute approximate surface area is 189 Å². The normalized spacial score (nSPS) is 10.7. The topological polar surface area (TPSA) is 77.0 Å². The van der Waals surface area contributed by atoms with E-state index in [4.69, 9.17) is 32.7 Å². The van der Waals surface area contributed by atoms with Crippen LogP contribution in [0, 0.1) is 6.92 Å². The smallest absolute Gasteiger partial charge is 0.343 e. The van der Waals surface area contributed by atoms with E-state index in [1.165, 1.54) is 31.5 Å². The Morgan fingerprint density at radius 2 is 1.61 bits per heavy atom. The predicted molar refractivity (Wildman–Crippen MR) is 121 cm³/mol. The molecule has 158 valence electrons. The molecule has 0 aliphatic heterocycles. The van der Waals surface area contributed by atoms with Gasteiger partial charge in [0.1, 0.15) is 0 Å². The zero-order valence-electron chi connectivity index (χ0n) is 16.7. The molecule has 31 heavy (non-hydrogen) atoms. The van der Waals surface area contributed by atoms with E-state index in [1.54, 1.807) is 30.3 Å². The molecule has 0 radical (unpaired) electrons. The van der Waals surface area contributed by atoms with Gasteiger partial charge in [-0.05, 0) is 61.0 Å². The number of halogens is 2. The monoisotopic (exact) mass is 456 g/mol. The molecule has 0 bridgehead atoms. The Hall–Kier alpha value is -3.35. The van der Waals surface area contributed by atoms with Crippen LogP contribution in [0.15, 0.2) is 65.8 Å². The van der Waals surface area contributed by atoms with Crippen LogP contribution in [-0.2, 0) is 0 Å². The van der Waals surface area contributed by atoms with E-state index in [1.807, 2.05) is 19.1 Å². The van der Waals surface area contributed by atoms with E-state index < -0.39 is 5.97 Å². The van der Waals surface area contributed by atoms with Crippen molar-refractivity contribution >= 4 is 41.3 Å². The number of rotatable bonds is 6. The van der Waals surface area contributed by atoms with Crippen molar-refractivity contribution in [2.24, 2.45) is 5.10 Å². The highest BCUT2D eigenvalue weighted by atomic mass is 35.5. The minimum atomic E-state index is -0.608. The lowest BCUT2D eigenvalue weighted by molar-refractivity contribution is 0.0729. The molecule has 0 saturated heterocycles. The number of methoxy groups -OCH3 is 1. The van der Waals surface area contributed by atoms with Gasteiger partial charge in [0, 0.05) is 5.56 Å². The third kappa shape index (κ3) is 5.84. The molecular formula is C23H18Cl2N2O4. The summed E-state index contributed by atoms with van der Waals surface area (Å²) in [5.74, 6) is -0.388. The lowest BCUT2D eigenvalue weighted by atomic mass is 10.1. The molecule has 3 aromatic carbocycles. The van der Waals surface area contributed by atoms with Crippen molar-refractivity contribution < 1.29 is 19.1 Å². The van der Waals surface area contributed by atoms with Gasteiger partial charge in [-0.15, -0.1) is 0 Å². The molecule has 0 aliphatic carbocycles. The standard InChI is InChI=1S/C23H18Cl2N2O4/c1-14-3-6-16(7-4-14)22(28)27-26-13-15-5-10-20(21(11-15)30-2)31-23(29)17-8-9-18(24)19(25)12-17/h3-13H,1-2H3,(H,27,28)/b26-13+. The van der Waals surface area contributed by atoms with Gasteiger partial charge in [-0.1, -0.05) is 40.9 Å². The second kappa shape index (κ2) is 10.1. The van der Waals surface area contributed by atoms with Crippen molar-refractivity contribution in [3.63, 3.8) is 0 Å². The average Bonchev–Trinajstić information content (AvgIpc) is 2.76. The van der Waals surface area contributed by atoms with Crippen LogP contribution in [0.2, 0.25) is 10.0 Å². The summed E-state index contributed by atoms with van der Waals surface area (Å²) in [5.41, 5.74) is 4.92. The number of hydrazone groups is 1. The Bertz CT molecular complexity index is 1140. The number of hydrogen-bond acceptors (Lipinski definition) is 5. The van der Waals surface area contributed by atoms with Crippen molar-refractivity contribution in [1.82, 2.24) is 5.43 Å². The van der Waals surface area contributed by atoms with E-state index in [0.717, 1.165) is 5.56 Å². The number of ether oxygens (including phenoxy) is 2. The van der Waals surface area contributed by atoms with Gasteiger partial charge in [0.25, 0.3) is 5.91 Å². The number of carbonyl (C=O) groups excluding carboxylic acids is 2. The van der Waals surface area contributed by atoms with Crippen LogP contribution in [0.3, 0.4) is 0 Å². The quantitative estimate of drug-likeness (QED) is 0.236. The third-order valence-electron chi connectivity index (χ3n) is 4.24. The molecule has 0 unspecified atom stereocenters. The molecule has 0 aliphatic rings. The molecule has 0 spiro atoms. The van der Waals surface area contributed by atoms with Crippen LogP contribution in [0.25, 0.3) is 0 Å². The van der Waals surface area contributed by atoms with Crippen LogP contribution in [0.5, 0.6) is 11.5 Å². The average molecular weight is 457 g/mol. The summed E-state index contributed by atoms with van der Waals surface area (Å²) in [6.45, 7) is 1.94. The van der Waals surface area contributed by atoms with Crippen molar-refractivity contribution in [3.05, 3.63) is 93.0 Å². The summed E-state index contributed by atoms with van der Waals surface area (Å²) >= 11 is 11.8. The van der Waals surface area contributed by atoms with Gasteiger partial charge in [-0.3, -0.25) is 4.79 Å². The highest BCUT2D eigenvalue weighted by molar-refractivity contribution is 6.42. The highest BCUT2D eigenvalue weighted by Gasteiger charge is 2.14. The number of carbonyl (C=O) groups is 2. The summed E-state index contributed by atoms with van der Waals surface area (Å²) < 4.78 is 10.7. The first-order valence-corrected chi connectivity index (χ1v) is 9.88. The zero-order chi connectivity index (χ0) is 22.4. The molecule has 0 saturated carbocycles. The van der Waals surface area contributed by atoms with Crippen molar-refractivity contribution in [2.75, 3.05) is 7.11 Å². The maximum atomic E-state index is 12.4. The largest absolute Gasteiger partial charge is 0.493 e. The summed E-state index contributed by atoms with van der Waals surface area (Å²) in [5, 5.41) is 4.55. The minimum Gasteiger partial charge on any atom is -0.493 e. The Morgan fingerprint density at radius 3 is 2.29 bits per heavy atom. The van der Waals surface area contributed by atoms with Gasteiger partial charge in [0.2, 0.25) is 0 Å². The van der Waals surface area contributed by atoms with E-state index in [-0.39, 0.29) is 22.2 Å². The number of hydrogen-bond donors (Lipinski definition) is 1. The van der Waals surface area contributed by atoms with Gasteiger partial charge in [0.05, 0.1) is 28.9 Å². The maximum Gasteiger partial charge on any atom is 0.343 e. The number of nitrogens with zero attached hydrogens (tertiary/aromatic N) is 1. The van der Waals surface area contributed by atoms with Gasteiger partial charge in [0.15, 0.2) is 11.5 Å². The van der Waals surface area contributed by atoms with Crippen LogP contribution in [-0.4, -0.2) is 25.2 Å². The van der Waals surface area contributed by atoms with E-state index in [2.05, 4.69) is 10.5 Å². The van der Waals surface area contributed by atoms with Crippen LogP contribution in [0.4, 0.5) is 0 Å². The third-order valence-corrected chi connectivity index (χ3v) is 4.98. The molecule has 3 rings (SSSR count). The molecule has 0 aromatic heterocycles. The van der Waals surface area contributed by atoms with Crippen LogP contribution >= 0.6 is 23.2 Å². The number of benzene rings is 3. The van der Waals surface area contributed by atoms with E-state index >= 15 is 0 Å². The first-order chi connectivity index (χ1) is 14.9. The van der Waals surface area contributed by atoms with E-state index in [0.29, 0.717) is 21.9 Å². The first kappa shape index (κ1) is 22.3. The SMILES string of the molecule is COc1cc(/C=N/NC(=O)c2ccc(C)cc2)ccc1OC(=O)c1ccc(Cl)c(Cl)c1. The van der Waals surface area contributed by atoms with Crippen molar-refractivity contribution in [1.29, 1.82) is 0 Å². The molecule has 8 heteroatoms. The predicted octanol–water partition coefficient (Wildman–Crippen LogP) is 5.29. The lowest BCUT2D eigenvalue weighted by Crippen LogP contribution is -2.17. The minimum absolute atomic E-state index is 0.222. The summed E-state index contributed by atoms with van der Waals surface area (Å²) in [6, 6.07) is 16.5. The molecule has 0 heterocycles. The summed E-state index contributed by atoms with van der Waals surface area (Å²) in [7, 11) is 1.45. The number of amides is 1. The lowest BCUT2D eigenvalue weighted by Gasteiger charge is -2.10. The first-order valence-electron chi connectivity index (χ1n) is 9.12. The molecule has 1 N–H and O–H groups in total. The molecule has 0 fully saturated rings. The fourth-order valence-electron chi connectivity index (χ4n) is 2.57. The second-order valence-electron chi connectivity index (χ2n) is 6.49. The summed E-state index contributed by atoms with van der Waals surface area (Å²) in [6.07, 6.45) is 1.46. The Balaban J connectivity index is 1.68. The Kier molecular flexibility index (Phi) is 7.28. The fraction of sp³-hybridized carbons (Fsp3) is 0.0870. The number of aryl methyl sites for hydroxylation is 1. The van der Waals surface area contributed by atoms with Gasteiger partial charge < -0.3 is 9.47 Å². The summed E-state index contributed by atoms with van der Waals surface area (Å²) in [4.78, 5) is 24.5. The molecule has 6 nitrogen and oxygen atoms in total. The van der Waals surface area contributed by atoms with Gasteiger partial charge >= 0.3 is 5.97 Å². The fourth-order valence-corrected chi connectivity index (χ4v) is 2.86. The Morgan fingerprint density at radius 1 is 0.903 bits per heavy atom. The maximum absolute atomic E-state index is 12.4. The van der Waals surface area contributed by atoms with Crippen molar-refractivity contribution in [3.8, 4) is 11.5 Å². The van der Waals surface area contributed by atoms with Gasteiger partial charge in [-0.2, -0.15) is 5.10 Å². The highest BCUT2D eigenvalue weighted by Crippen LogP contribution is 2.29. The molecule has 3 aromatic rings. The van der Waals surface area contributed by atoms with E-state index in [9.17, 15) is 9.59 Å². The number of esters is 1. The molecule has 1 amide bonds. The molecule has 0 atom stereocenters. The zero-order valence-corrected chi connectivity index (χ0v) is 18.2.